The van der Waals surface area contributed by atoms with E-state index in [1.54, 1.807) is 0 Å². The van der Waals surface area contributed by atoms with Crippen molar-refractivity contribution in [3.63, 3.8) is 0 Å². The first-order valence-electron chi connectivity index (χ1n) is 8.12. The summed E-state index contributed by atoms with van der Waals surface area (Å²) in [5.41, 5.74) is 1.52. The molecule has 1 saturated carbocycles. The minimum atomic E-state index is -0.262. The molecule has 0 atom stereocenters. The Balaban J connectivity index is 1.56. The summed E-state index contributed by atoms with van der Waals surface area (Å²) in [6.07, 6.45) is 1.93. The predicted molar refractivity (Wildman–Crippen MR) is 93.0 cm³/mol. The number of anilines is 1. The van der Waals surface area contributed by atoms with E-state index in [4.69, 9.17) is 4.74 Å². The van der Waals surface area contributed by atoms with Crippen LogP contribution >= 0.6 is 0 Å². The number of ether oxygens (including phenoxy) is 1. The third-order valence-electron chi connectivity index (χ3n) is 4.32. The quantitative estimate of drug-likeness (QED) is 0.732. The molecule has 0 radical (unpaired) electrons. The van der Waals surface area contributed by atoms with Crippen LogP contribution in [0.3, 0.4) is 0 Å². The summed E-state index contributed by atoms with van der Waals surface area (Å²) in [7, 11) is 0. The highest BCUT2D eigenvalue weighted by atomic mass is 16.5. The first kappa shape index (κ1) is 16.3. The highest BCUT2D eigenvalue weighted by molar-refractivity contribution is 5.90. The van der Waals surface area contributed by atoms with Crippen LogP contribution in [-0.4, -0.2) is 24.3 Å². The number of carbonyl (C=O) groups is 1. The Morgan fingerprint density at radius 1 is 1.08 bits per heavy atom. The summed E-state index contributed by atoms with van der Waals surface area (Å²) in [4.78, 5) is 12.1. The van der Waals surface area contributed by atoms with Gasteiger partial charge in [0.2, 0.25) is 0 Å². The fourth-order valence-electron chi connectivity index (χ4n) is 2.45. The molecule has 2 amide bonds. The molecule has 1 aliphatic carbocycles. The SMILES string of the molecule is O=C(NCC1(CO)CC1)Nc1ccccc1COc1ccccc1. The van der Waals surface area contributed by atoms with Gasteiger partial charge in [0.15, 0.2) is 0 Å². The Morgan fingerprint density at radius 3 is 2.50 bits per heavy atom. The van der Waals surface area contributed by atoms with Crippen LogP contribution in [0.15, 0.2) is 54.6 Å². The Kier molecular flexibility index (Phi) is 5.01. The molecule has 5 heteroatoms. The number of nitrogens with one attached hydrogen (secondary N) is 2. The number of benzene rings is 2. The highest BCUT2D eigenvalue weighted by Crippen LogP contribution is 2.44. The number of amides is 2. The molecule has 1 aliphatic rings. The molecule has 126 valence electrons. The molecule has 0 heterocycles. The fraction of sp³-hybridized carbons (Fsp3) is 0.316. The van der Waals surface area contributed by atoms with E-state index >= 15 is 0 Å². The molecule has 2 aromatic carbocycles. The number of rotatable bonds is 7. The van der Waals surface area contributed by atoms with E-state index in [-0.39, 0.29) is 18.1 Å². The van der Waals surface area contributed by atoms with Gasteiger partial charge in [0, 0.05) is 23.2 Å². The summed E-state index contributed by atoms with van der Waals surface area (Å²) in [6.45, 7) is 0.994. The number of urea groups is 1. The van der Waals surface area contributed by atoms with Crippen LogP contribution in [-0.2, 0) is 6.61 Å². The van der Waals surface area contributed by atoms with Crippen molar-refractivity contribution in [1.82, 2.24) is 5.32 Å². The Labute approximate surface area is 141 Å². The van der Waals surface area contributed by atoms with Crippen molar-refractivity contribution in [1.29, 1.82) is 0 Å². The second kappa shape index (κ2) is 7.36. The normalized spacial score (nSPS) is 14.7. The Bertz CT molecular complexity index is 684. The van der Waals surface area contributed by atoms with Gasteiger partial charge in [-0.25, -0.2) is 4.79 Å². The number of para-hydroxylation sites is 2. The van der Waals surface area contributed by atoms with Crippen molar-refractivity contribution >= 4 is 11.7 Å². The zero-order valence-corrected chi connectivity index (χ0v) is 13.5. The van der Waals surface area contributed by atoms with Crippen LogP contribution in [0.1, 0.15) is 18.4 Å². The highest BCUT2D eigenvalue weighted by Gasteiger charge is 2.42. The zero-order chi connectivity index (χ0) is 16.8. The summed E-state index contributed by atoms with van der Waals surface area (Å²) >= 11 is 0. The van der Waals surface area contributed by atoms with E-state index in [1.807, 2.05) is 54.6 Å². The lowest BCUT2D eigenvalue weighted by Gasteiger charge is -2.15. The number of hydrogen-bond donors (Lipinski definition) is 3. The van der Waals surface area contributed by atoms with E-state index in [1.165, 1.54) is 0 Å². The molecule has 3 rings (SSSR count). The lowest BCUT2D eigenvalue weighted by atomic mass is 10.1. The van der Waals surface area contributed by atoms with Gasteiger partial charge in [-0.1, -0.05) is 36.4 Å². The summed E-state index contributed by atoms with van der Waals surface area (Å²) in [6, 6.07) is 16.9. The van der Waals surface area contributed by atoms with Crippen LogP contribution in [0.4, 0.5) is 10.5 Å². The number of aliphatic hydroxyl groups is 1. The lowest BCUT2D eigenvalue weighted by Crippen LogP contribution is -2.35. The monoisotopic (exact) mass is 326 g/mol. The van der Waals surface area contributed by atoms with E-state index in [9.17, 15) is 9.90 Å². The van der Waals surface area contributed by atoms with Crippen LogP contribution in [0.2, 0.25) is 0 Å². The minimum Gasteiger partial charge on any atom is -0.489 e. The molecule has 1 fully saturated rings. The van der Waals surface area contributed by atoms with E-state index in [0.29, 0.717) is 13.2 Å². The van der Waals surface area contributed by atoms with Crippen LogP contribution in [0.25, 0.3) is 0 Å². The van der Waals surface area contributed by atoms with Crippen LogP contribution in [0, 0.1) is 5.41 Å². The smallest absolute Gasteiger partial charge is 0.319 e. The van der Waals surface area contributed by atoms with E-state index in [2.05, 4.69) is 10.6 Å². The molecule has 5 nitrogen and oxygen atoms in total. The van der Waals surface area contributed by atoms with Crippen molar-refractivity contribution in [2.24, 2.45) is 5.41 Å². The maximum atomic E-state index is 12.1. The van der Waals surface area contributed by atoms with Crippen molar-refractivity contribution < 1.29 is 14.6 Å². The first-order valence-corrected chi connectivity index (χ1v) is 8.12. The third-order valence-corrected chi connectivity index (χ3v) is 4.32. The maximum absolute atomic E-state index is 12.1. The zero-order valence-electron chi connectivity index (χ0n) is 13.5. The average molecular weight is 326 g/mol. The van der Waals surface area contributed by atoms with Crippen LogP contribution < -0.4 is 15.4 Å². The van der Waals surface area contributed by atoms with Crippen molar-refractivity contribution in [3.8, 4) is 5.75 Å². The molecule has 0 bridgehead atoms. The third kappa shape index (κ3) is 4.26. The van der Waals surface area contributed by atoms with Gasteiger partial charge in [-0.15, -0.1) is 0 Å². The van der Waals surface area contributed by atoms with E-state index in [0.717, 1.165) is 29.8 Å². The summed E-state index contributed by atoms with van der Waals surface area (Å²) in [5, 5.41) is 15.0. The molecule has 0 aromatic heterocycles. The summed E-state index contributed by atoms with van der Waals surface area (Å²) < 4.78 is 5.75. The van der Waals surface area contributed by atoms with Crippen molar-refractivity contribution in [2.45, 2.75) is 19.4 Å². The molecular formula is C19H22N2O3. The Morgan fingerprint density at radius 2 is 1.79 bits per heavy atom. The molecule has 24 heavy (non-hydrogen) atoms. The molecule has 0 aliphatic heterocycles. The first-order chi connectivity index (χ1) is 11.7. The van der Waals surface area contributed by atoms with Gasteiger partial charge < -0.3 is 20.5 Å². The van der Waals surface area contributed by atoms with Gasteiger partial charge in [-0.2, -0.15) is 0 Å². The molecule has 0 spiro atoms. The van der Waals surface area contributed by atoms with E-state index < -0.39 is 0 Å². The predicted octanol–water partition coefficient (Wildman–Crippen LogP) is 3.16. The van der Waals surface area contributed by atoms with Crippen molar-refractivity contribution in [3.05, 3.63) is 60.2 Å². The van der Waals surface area contributed by atoms with Crippen molar-refractivity contribution in [2.75, 3.05) is 18.5 Å². The second-order valence-corrected chi connectivity index (χ2v) is 6.22. The summed E-state index contributed by atoms with van der Waals surface area (Å²) in [5.74, 6) is 0.787. The number of carbonyl (C=O) groups excluding carboxylic acids is 1. The van der Waals surface area contributed by atoms with Gasteiger partial charge in [-0.05, 0) is 31.0 Å². The minimum absolute atomic E-state index is 0.104. The number of aliphatic hydroxyl groups excluding tert-OH is 1. The van der Waals surface area contributed by atoms with Gasteiger partial charge in [0.25, 0.3) is 0 Å². The van der Waals surface area contributed by atoms with Gasteiger partial charge >= 0.3 is 6.03 Å². The molecule has 3 N–H and O–H groups in total. The van der Waals surface area contributed by atoms with Gasteiger partial charge in [-0.3, -0.25) is 0 Å². The maximum Gasteiger partial charge on any atom is 0.319 e. The fourth-order valence-corrected chi connectivity index (χ4v) is 2.45. The largest absolute Gasteiger partial charge is 0.489 e. The van der Waals surface area contributed by atoms with Gasteiger partial charge in [0.05, 0.1) is 6.61 Å². The average Bonchev–Trinajstić information content (AvgIpc) is 3.41. The molecular weight excluding hydrogens is 304 g/mol. The number of hydrogen-bond acceptors (Lipinski definition) is 3. The second-order valence-electron chi connectivity index (χ2n) is 6.22. The molecule has 0 unspecified atom stereocenters. The van der Waals surface area contributed by atoms with Crippen LogP contribution in [0.5, 0.6) is 5.75 Å². The Hall–Kier alpha value is -2.53. The topological polar surface area (TPSA) is 70.6 Å². The lowest BCUT2D eigenvalue weighted by molar-refractivity contribution is 0.206. The molecule has 0 saturated heterocycles. The molecule has 2 aromatic rings. The standard InChI is InChI=1S/C19H22N2O3/c22-14-19(10-11-19)13-20-18(23)21-17-9-5-4-6-15(17)12-24-16-7-2-1-3-8-16/h1-9,22H,10-14H2,(H2,20,21,23). The van der Waals surface area contributed by atoms with Gasteiger partial charge in [0.1, 0.15) is 12.4 Å².